The van der Waals surface area contributed by atoms with Crippen LogP contribution in [0.2, 0.25) is 5.02 Å². The smallest absolute Gasteiger partial charge is 0.295 e. The first kappa shape index (κ1) is 13.0. The Bertz CT molecular complexity index is 676. The first-order valence-electron chi connectivity index (χ1n) is 6.25. The van der Waals surface area contributed by atoms with Crippen molar-refractivity contribution in [2.75, 3.05) is 11.9 Å². The van der Waals surface area contributed by atoms with Crippen molar-refractivity contribution in [2.45, 2.75) is 6.10 Å². The summed E-state index contributed by atoms with van der Waals surface area (Å²) in [4.78, 5) is 4.28. The van der Waals surface area contributed by atoms with Gasteiger partial charge in [-0.2, -0.15) is 4.98 Å². The number of aliphatic hydroxyl groups excluding tert-OH is 1. The molecule has 3 rings (SSSR count). The lowest BCUT2D eigenvalue weighted by atomic mass is 10.1. The van der Waals surface area contributed by atoms with Crippen LogP contribution in [0.5, 0.6) is 0 Å². The lowest BCUT2D eigenvalue weighted by Crippen LogP contribution is -2.12. The van der Waals surface area contributed by atoms with Crippen molar-refractivity contribution in [3.8, 4) is 0 Å². The normalized spacial score (nSPS) is 12.5. The van der Waals surface area contributed by atoms with E-state index in [2.05, 4.69) is 10.3 Å². The van der Waals surface area contributed by atoms with E-state index < -0.39 is 6.10 Å². The number of nitrogens with one attached hydrogen (secondary N) is 1. The molecule has 2 aromatic carbocycles. The van der Waals surface area contributed by atoms with E-state index in [0.29, 0.717) is 17.6 Å². The molecular weight excluding hydrogens is 276 g/mol. The van der Waals surface area contributed by atoms with Crippen molar-refractivity contribution in [1.82, 2.24) is 4.98 Å². The van der Waals surface area contributed by atoms with Crippen molar-refractivity contribution < 1.29 is 9.52 Å². The third-order valence-electron chi connectivity index (χ3n) is 3.00. The molecule has 0 aliphatic heterocycles. The quantitative estimate of drug-likeness (QED) is 0.770. The highest BCUT2D eigenvalue weighted by molar-refractivity contribution is 6.30. The Balaban J connectivity index is 1.68. The fourth-order valence-corrected chi connectivity index (χ4v) is 2.06. The van der Waals surface area contributed by atoms with E-state index in [1.165, 1.54) is 0 Å². The lowest BCUT2D eigenvalue weighted by Gasteiger charge is -2.10. The van der Waals surface area contributed by atoms with Gasteiger partial charge in [0, 0.05) is 11.6 Å². The fraction of sp³-hybridized carbons (Fsp3) is 0.133. The summed E-state index contributed by atoms with van der Waals surface area (Å²) in [6, 6.07) is 15.0. The molecule has 20 heavy (non-hydrogen) atoms. The molecular formula is C15H13ClN2O2. The van der Waals surface area contributed by atoms with Crippen molar-refractivity contribution >= 4 is 28.7 Å². The highest BCUT2D eigenvalue weighted by atomic mass is 35.5. The topological polar surface area (TPSA) is 58.3 Å². The molecule has 4 nitrogen and oxygen atoms in total. The van der Waals surface area contributed by atoms with Crippen LogP contribution in [0.4, 0.5) is 6.01 Å². The van der Waals surface area contributed by atoms with Gasteiger partial charge in [-0.05, 0) is 29.8 Å². The molecule has 0 bridgehead atoms. The van der Waals surface area contributed by atoms with E-state index in [-0.39, 0.29) is 0 Å². The Morgan fingerprint density at radius 2 is 1.90 bits per heavy atom. The number of oxazole rings is 1. The van der Waals surface area contributed by atoms with Crippen molar-refractivity contribution in [3.05, 3.63) is 59.1 Å². The second-order valence-electron chi connectivity index (χ2n) is 4.43. The SMILES string of the molecule is OC(CNc1nc2ccccc2o1)c1ccc(Cl)cc1. The maximum Gasteiger partial charge on any atom is 0.295 e. The highest BCUT2D eigenvalue weighted by Gasteiger charge is 2.10. The summed E-state index contributed by atoms with van der Waals surface area (Å²) in [6.07, 6.45) is -0.651. The third kappa shape index (κ3) is 2.76. The summed E-state index contributed by atoms with van der Waals surface area (Å²) >= 11 is 5.81. The molecule has 0 aliphatic carbocycles. The van der Waals surface area contributed by atoms with Gasteiger partial charge in [-0.3, -0.25) is 0 Å². The maximum absolute atomic E-state index is 10.1. The molecule has 0 amide bonds. The molecule has 0 saturated heterocycles. The zero-order chi connectivity index (χ0) is 13.9. The third-order valence-corrected chi connectivity index (χ3v) is 3.25. The lowest BCUT2D eigenvalue weighted by molar-refractivity contribution is 0.191. The number of aromatic nitrogens is 1. The Morgan fingerprint density at radius 1 is 1.15 bits per heavy atom. The second-order valence-corrected chi connectivity index (χ2v) is 4.87. The minimum absolute atomic E-state index is 0.314. The van der Waals surface area contributed by atoms with Crippen LogP contribution in [-0.2, 0) is 0 Å². The van der Waals surface area contributed by atoms with Crippen LogP contribution in [0.25, 0.3) is 11.1 Å². The standard InChI is InChI=1S/C15H13ClN2O2/c16-11-7-5-10(6-8-11)13(19)9-17-15-18-12-3-1-2-4-14(12)20-15/h1-8,13,19H,9H2,(H,17,18). The molecule has 102 valence electrons. The predicted octanol–water partition coefficient (Wildman–Crippen LogP) is 3.63. The van der Waals surface area contributed by atoms with Gasteiger partial charge < -0.3 is 14.8 Å². The van der Waals surface area contributed by atoms with Gasteiger partial charge in [-0.25, -0.2) is 0 Å². The van der Waals surface area contributed by atoms with Gasteiger partial charge in [-0.1, -0.05) is 35.9 Å². The van der Waals surface area contributed by atoms with Gasteiger partial charge in [0.25, 0.3) is 6.01 Å². The summed E-state index contributed by atoms with van der Waals surface area (Å²) in [5, 5.41) is 13.7. The van der Waals surface area contributed by atoms with Crippen molar-refractivity contribution in [1.29, 1.82) is 0 Å². The van der Waals surface area contributed by atoms with Crippen LogP contribution in [-0.4, -0.2) is 16.6 Å². The Kier molecular flexibility index (Phi) is 3.58. The highest BCUT2D eigenvalue weighted by Crippen LogP contribution is 2.20. The summed E-state index contributed by atoms with van der Waals surface area (Å²) in [6.45, 7) is 0.314. The first-order chi connectivity index (χ1) is 9.72. The minimum atomic E-state index is -0.651. The van der Waals surface area contributed by atoms with Gasteiger partial charge in [-0.15, -0.1) is 0 Å². The number of hydrogen-bond acceptors (Lipinski definition) is 4. The van der Waals surface area contributed by atoms with E-state index >= 15 is 0 Å². The molecule has 1 aromatic heterocycles. The maximum atomic E-state index is 10.1. The van der Waals surface area contributed by atoms with Crippen LogP contribution < -0.4 is 5.32 Å². The van der Waals surface area contributed by atoms with Crippen LogP contribution in [0.15, 0.2) is 52.9 Å². The van der Waals surface area contributed by atoms with Crippen LogP contribution in [0, 0.1) is 0 Å². The predicted molar refractivity (Wildman–Crippen MR) is 78.9 cm³/mol. The molecule has 1 heterocycles. The molecule has 0 aliphatic rings. The van der Waals surface area contributed by atoms with Crippen LogP contribution in [0.3, 0.4) is 0 Å². The van der Waals surface area contributed by atoms with Gasteiger partial charge in [0.15, 0.2) is 5.58 Å². The molecule has 0 radical (unpaired) electrons. The number of halogens is 1. The van der Waals surface area contributed by atoms with Gasteiger partial charge in [0.2, 0.25) is 0 Å². The Labute approximate surface area is 121 Å². The molecule has 0 spiro atoms. The fourth-order valence-electron chi connectivity index (χ4n) is 1.93. The number of fused-ring (bicyclic) bond motifs is 1. The average Bonchev–Trinajstić information content (AvgIpc) is 2.88. The number of rotatable bonds is 4. The zero-order valence-electron chi connectivity index (χ0n) is 10.6. The van der Waals surface area contributed by atoms with Gasteiger partial charge in [0.1, 0.15) is 5.52 Å². The van der Waals surface area contributed by atoms with Crippen molar-refractivity contribution in [3.63, 3.8) is 0 Å². The molecule has 0 fully saturated rings. The van der Waals surface area contributed by atoms with E-state index in [1.807, 2.05) is 24.3 Å². The summed E-state index contributed by atoms with van der Waals surface area (Å²) in [5.74, 6) is 0. The number of aliphatic hydroxyl groups is 1. The Morgan fingerprint density at radius 3 is 2.65 bits per heavy atom. The van der Waals surface area contributed by atoms with Gasteiger partial charge in [0.05, 0.1) is 6.10 Å². The molecule has 1 unspecified atom stereocenters. The van der Waals surface area contributed by atoms with Crippen molar-refractivity contribution in [2.24, 2.45) is 0 Å². The van der Waals surface area contributed by atoms with Gasteiger partial charge >= 0.3 is 0 Å². The molecule has 0 saturated carbocycles. The minimum Gasteiger partial charge on any atom is -0.424 e. The number of para-hydroxylation sites is 2. The second kappa shape index (κ2) is 5.53. The largest absolute Gasteiger partial charge is 0.424 e. The number of benzene rings is 2. The van der Waals surface area contributed by atoms with Crippen LogP contribution >= 0.6 is 11.6 Å². The molecule has 2 N–H and O–H groups in total. The summed E-state index contributed by atoms with van der Waals surface area (Å²) < 4.78 is 5.52. The monoisotopic (exact) mass is 288 g/mol. The summed E-state index contributed by atoms with van der Waals surface area (Å²) in [7, 11) is 0. The zero-order valence-corrected chi connectivity index (χ0v) is 11.3. The Hall–Kier alpha value is -2.04. The number of nitrogens with zero attached hydrogens (tertiary/aromatic N) is 1. The average molecular weight is 289 g/mol. The van der Waals surface area contributed by atoms with E-state index in [1.54, 1.807) is 24.3 Å². The number of hydrogen-bond donors (Lipinski definition) is 2. The van der Waals surface area contributed by atoms with Crippen LogP contribution in [0.1, 0.15) is 11.7 Å². The molecule has 5 heteroatoms. The molecule has 1 atom stereocenters. The molecule has 3 aromatic rings. The summed E-state index contributed by atoms with van der Waals surface area (Å²) in [5.41, 5.74) is 2.30. The van der Waals surface area contributed by atoms with E-state index in [4.69, 9.17) is 16.0 Å². The number of anilines is 1. The first-order valence-corrected chi connectivity index (χ1v) is 6.63. The van der Waals surface area contributed by atoms with E-state index in [9.17, 15) is 5.11 Å². The van der Waals surface area contributed by atoms with E-state index in [0.717, 1.165) is 16.7 Å².